The number of benzene rings is 1. The van der Waals surface area contributed by atoms with Gasteiger partial charge in [0.25, 0.3) is 0 Å². The van der Waals surface area contributed by atoms with Crippen LogP contribution in [0.25, 0.3) is 10.9 Å². The Labute approximate surface area is 86.7 Å². The maximum absolute atomic E-state index is 10.6. The standard InChI is InChI=1S/C11H12N2O2/c12-9(11(14)15)5-7-6-13-10-4-2-1-3-8(7)10/h1-4,6,9,13H,5,12H2,(H,14,15)/t9-/m0/s1/i1+1,2+1,3+1,4+1,5+1,6+1,7+1,8+1,9+1,10+1,11+1. The zero-order valence-electron chi connectivity index (χ0n) is 8.10. The summed E-state index contributed by atoms with van der Waals surface area (Å²) < 4.78 is 0. The third-order valence-corrected chi connectivity index (χ3v) is 2.43. The summed E-state index contributed by atoms with van der Waals surface area (Å²) >= 11 is 0. The average Bonchev–Trinajstić information content (AvgIpc) is 2.62. The third kappa shape index (κ3) is 1.85. The van der Waals surface area contributed by atoms with Crippen LogP contribution in [-0.2, 0) is 11.2 Å². The minimum atomic E-state index is -0.972. The first kappa shape index (κ1) is 9.73. The number of para-hydroxylation sites is 1. The first-order valence-corrected chi connectivity index (χ1v) is 4.72. The lowest BCUT2D eigenvalue weighted by Gasteiger charge is -2.04. The molecule has 0 amide bonds. The second-order valence-corrected chi connectivity index (χ2v) is 3.51. The number of aliphatic carboxylic acids is 1. The normalized spacial score (nSPS) is 12.9. The van der Waals surface area contributed by atoms with E-state index in [1.54, 1.807) is 0 Å². The molecule has 0 saturated heterocycles. The Morgan fingerprint density at radius 3 is 2.93 bits per heavy atom. The molecule has 4 nitrogen and oxygen atoms in total. The third-order valence-electron chi connectivity index (χ3n) is 2.43. The molecule has 2 aromatic rings. The number of nitrogens with two attached hydrogens (primary N) is 1. The van der Waals surface area contributed by atoms with Gasteiger partial charge in [0.2, 0.25) is 0 Å². The van der Waals surface area contributed by atoms with Gasteiger partial charge in [0.1, 0.15) is 6.04 Å². The van der Waals surface area contributed by atoms with Gasteiger partial charge in [0, 0.05) is 23.5 Å². The molecular formula is C11H12N2O2. The number of nitrogens with one attached hydrogen (secondary N) is 1. The number of carboxylic acid groups (broad SMARTS) is 1. The van der Waals surface area contributed by atoms with Crippen LogP contribution in [0.15, 0.2) is 30.5 Å². The zero-order chi connectivity index (χ0) is 10.8. The van der Waals surface area contributed by atoms with Crippen LogP contribution < -0.4 is 5.73 Å². The molecule has 0 fully saturated rings. The highest BCUT2D eigenvalue weighted by atomic mass is 16.5. The fourth-order valence-corrected chi connectivity index (χ4v) is 1.62. The summed E-state index contributed by atoms with van der Waals surface area (Å²) in [6, 6.07) is 6.91. The topological polar surface area (TPSA) is 79.1 Å². The maximum Gasteiger partial charge on any atom is 0.320 e. The van der Waals surface area contributed by atoms with Crippen molar-refractivity contribution < 1.29 is 9.90 Å². The lowest BCUT2D eigenvalue weighted by Crippen LogP contribution is -2.32. The number of hydrogen-bond donors (Lipinski definition) is 3. The summed E-state index contributed by atoms with van der Waals surface area (Å²) in [4.78, 5) is 13.7. The van der Waals surface area contributed by atoms with Crippen LogP contribution >= 0.6 is 0 Å². The van der Waals surface area contributed by atoms with E-state index < -0.39 is 12.0 Å². The van der Waals surface area contributed by atoms with Gasteiger partial charge in [-0.1, -0.05) is 18.2 Å². The Morgan fingerprint density at radius 1 is 1.47 bits per heavy atom. The lowest BCUT2D eigenvalue weighted by atomic mass is 11.0. The fraction of sp³-hybridized carbons (Fsp3) is 0.182. The van der Waals surface area contributed by atoms with Crippen molar-refractivity contribution in [1.29, 1.82) is 0 Å². The molecule has 2 rings (SSSR count). The van der Waals surface area contributed by atoms with Gasteiger partial charge < -0.3 is 15.8 Å². The number of hydrogen-bond acceptors (Lipinski definition) is 2. The van der Waals surface area contributed by atoms with Crippen molar-refractivity contribution in [3.05, 3.63) is 36.0 Å². The molecular weight excluding hydrogens is 203 g/mol. The van der Waals surface area contributed by atoms with E-state index in [2.05, 4.69) is 4.98 Å². The van der Waals surface area contributed by atoms with Crippen molar-refractivity contribution in [2.24, 2.45) is 5.73 Å². The monoisotopic (exact) mass is 215 g/mol. The lowest BCUT2D eigenvalue weighted by molar-refractivity contribution is -0.138. The molecule has 0 aliphatic heterocycles. The van der Waals surface area contributed by atoms with E-state index in [1.807, 2.05) is 30.5 Å². The van der Waals surface area contributed by atoms with Crippen molar-refractivity contribution in [3.63, 3.8) is 0 Å². The summed E-state index contributed by atoms with van der Waals surface area (Å²) in [7, 11) is 0. The molecule has 1 atom stereocenters. The number of fused-ring (bicyclic) bond motifs is 1. The van der Waals surface area contributed by atoms with E-state index in [0.717, 1.165) is 16.5 Å². The Bertz CT molecular complexity index is 490. The molecule has 0 bridgehead atoms. The first-order valence-electron chi connectivity index (χ1n) is 4.72. The Kier molecular flexibility index (Phi) is 2.43. The summed E-state index contributed by atoms with van der Waals surface area (Å²) in [6.07, 6.45) is 2.16. The highest BCUT2D eigenvalue weighted by Gasteiger charge is 2.14. The van der Waals surface area contributed by atoms with Crippen molar-refractivity contribution in [2.75, 3.05) is 0 Å². The molecule has 4 heteroatoms. The maximum atomic E-state index is 10.6. The van der Waals surface area contributed by atoms with Crippen LogP contribution in [0.3, 0.4) is 0 Å². The van der Waals surface area contributed by atoms with E-state index >= 15 is 0 Å². The molecule has 0 radical (unpaired) electrons. The van der Waals surface area contributed by atoms with Crippen molar-refractivity contribution in [1.82, 2.24) is 4.98 Å². The number of carboxylic acids is 1. The average molecular weight is 215 g/mol. The van der Waals surface area contributed by atoms with Crippen LogP contribution in [0, 0.1) is 0 Å². The molecule has 0 unspecified atom stereocenters. The molecule has 1 heterocycles. The smallest absolute Gasteiger partial charge is 0.320 e. The van der Waals surface area contributed by atoms with Gasteiger partial charge in [-0.3, -0.25) is 4.79 Å². The molecule has 0 aliphatic rings. The highest BCUT2D eigenvalue weighted by molar-refractivity contribution is 5.84. The highest BCUT2D eigenvalue weighted by Crippen LogP contribution is 2.18. The van der Waals surface area contributed by atoms with E-state index in [4.69, 9.17) is 10.8 Å². The van der Waals surface area contributed by atoms with Gasteiger partial charge >= 0.3 is 5.97 Å². The van der Waals surface area contributed by atoms with Crippen molar-refractivity contribution >= 4 is 16.9 Å². The van der Waals surface area contributed by atoms with Crippen molar-refractivity contribution in [2.45, 2.75) is 12.5 Å². The van der Waals surface area contributed by atoms with Gasteiger partial charge in [0.15, 0.2) is 0 Å². The Morgan fingerprint density at radius 2 is 2.20 bits per heavy atom. The summed E-state index contributed by atoms with van der Waals surface area (Å²) in [5.41, 5.74) is 7.43. The Hall–Kier alpha value is -1.81. The molecule has 1 aromatic carbocycles. The van der Waals surface area contributed by atoms with Gasteiger partial charge in [-0.15, -0.1) is 0 Å². The minimum Gasteiger partial charge on any atom is -0.480 e. The molecule has 1 aromatic heterocycles. The van der Waals surface area contributed by atoms with Crippen LogP contribution in [-0.4, -0.2) is 22.1 Å². The number of rotatable bonds is 3. The molecule has 4 N–H and O–H groups in total. The molecule has 0 spiro atoms. The van der Waals surface area contributed by atoms with Gasteiger partial charge in [-0.2, -0.15) is 0 Å². The molecule has 0 saturated carbocycles. The predicted molar refractivity (Wildman–Crippen MR) is 57.6 cm³/mol. The number of aromatic amines is 1. The number of H-pyrrole nitrogens is 1. The summed E-state index contributed by atoms with van der Waals surface area (Å²) in [5, 5.41) is 9.75. The first-order chi connectivity index (χ1) is 7.18. The van der Waals surface area contributed by atoms with E-state index in [1.165, 1.54) is 0 Å². The second-order valence-electron chi connectivity index (χ2n) is 3.51. The van der Waals surface area contributed by atoms with Crippen molar-refractivity contribution in [3.8, 4) is 0 Å². The quantitative estimate of drug-likeness (QED) is 0.671. The fourth-order valence-electron chi connectivity index (χ4n) is 1.62. The van der Waals surface area contributed by atoms with Gasteiger partial charge in [-0.25, -0.2) is 0 Å². The van der Waals surface area contributed by atoms with Crippen LogP contribution in [0.1, 0.15) is 5.56 Å². The van der Waals surface area contributed by atoms with E-state index in [0.29, 0.717) is 6.42 Å². The molecule has 78 valence electrons. The predicted octanol–water partition coefficient (Wildman–Crippen LogP) is 1.12. The molecule has 0 aliphatic carbocycles. The number of carbonyl (C=O) groups is 1. The van der Waals surface area contributed by atoms with Gasteiger partial charge in [0.05, 0.1) is 0 Å². The largest absolute Gasteiger partial charge is 0.480 e. The summed E-state index contributed by atoms with van der Waals surface area (Å²) in [6.45, 7) is 0. The zero-order valence-corrected chi connectivity index (χ0v) is 8.10. The SMILES string of the molecule is N[13C@@H]([13CH2][13c]1[13cH][nH][13c]2[13cH][13cH][13cH][13cH][13c]12)[13C](=O)O. The van der Waals surface area contributed by atoms with E-state index in [-0.39, 0.29) is 0 Å². The van der Waals surface area contributed by atoms with Crippen LogP contribution in [0.5, 0.6) is 0 Å². The van der Waals surface area contributed by atoms with Gasteiger partial charge in [-0.05, 0) is 11.6 Å². The van der Waals surface area contributed by atoms with Crippen LogP contribution in [0.2, 0.25) is 0 Å². The second kappa shape index (κ2) is 3.74. The summed E-state index contributed by atoms with van der Waals surface area (Å²) in [5.74, 6) is -0.972. The Balaban J connectivity index is 2.32. The minimum absolute atomic E-state index is 0.347. The molecule has 15 heavy (non-hydrogen) atoms. The van der Waals surface area contributed by atoms with Crippen LogP contribution in [0.4, 0.5) is 0 Å². The van der Waals surface area contributed by atoms with E-state index in [9.17, 15) is 4.79 Å². The number of aromatic nitrogens is 1.